The monoisotopic (exact) mass is 293 g/mol. The van der Waals surface area contributed by atoms with Crippen LogP contribution in [0, 0.1) is 0 Å². The van der Waals surface area contributed by atoms with Gasteiger partial charge in [0.1, 0.15) is 17.0 Å². The highest BCUT2D eigenvalue weighted by molar-refractivity contribution is 6.14. The quantitative estimate of drug-likeness (QED) is 0.533. The Balaban J connectivity index is 2.37. The molecule has 0 bridgehead atoms. The Hall–Kier alpha value is -2.69. The molecular weight excluding hydrogens is 278 g/mol. The molecule has 4 rings (SSSR count). The molecule has 0 spiro atoms. The van der Waals surface area contributed by atoms with Gasteiger partial charge in [0.2, 0.25) is 0 Å². The summed E-state index contributed by atoms with van der Waals surface area (Å²) in [6.07, 6.45) is 3.53. The number of methoxy groups -OCH3 is 1. The minimum absolute atomic E-state index is 0.0461. The van der Waals surface area contributed by atoms with Crippen molar-refractivity contribution in [3.05, 3.63) is 46.6 Å². The summed E-state index contributed by atoms with van der Waals surface area (Å²) >= 11 is 0. The molecule has 0 radical (unpaired) electrons. The van der Waals surface area contributed by atoms with Gasteiger partial charge in [0.05, 0.1) is 18.1 Å². The number of aromatic nitrogens is 3. The molecule has 0 fully saturated rings. The smallest absolute Gasteiger partial charge is 0.277 e. The Labute approximate surface area is 126 Å². The topological polar surface area (TPSA) is 56.5 Å². The zero-order valence-electron chi connectivity index (χ0n) is 12.6. The van der Waals surface area contributed by atoms with Crippen molar-refractivity contribution in [2.24, 2.45) is 0 Å². The molecule has 0 amide bonds. The molecular formula is C17H15N3O2. The first-order valence-electron chi connectivity index (χ1n) is 7.22. The lowest BCUT2D eigenvalue weighted by atomic mass is 10.1. The number of rotatable bonds is 2. The normalized spacial score (nSPS) is 12.0. The molecule has 0 aliphatic carbocycles. The summed E-state index contributed by atoms with van der Waals surface area (Å²) in [6.45, 7) is 3.94. The predicted octanol–water partition coefficient (Wildman–Crippen LogP) is 2.97. The zero-order chi connectivity index (χ0) is 15.4. The standard InChI is InChI=1S/C17H15N3O2/c1-9(2)14-17(21)20-7-5-11-13-10(4-6-18-11)8-12(22-3)15(19-14)16(13)20/h4-9H,1-3H3. The minimum Gasteiger partial charge on any atom is -0.494 e. The van der Waals surface area contributed by atoms with Gasteiger partial charge in [-0.05, 0) is 23.6 Å². The summed E-state index contributed by atoms with van der Waals surface area (Å²) in [4.78, 5) is 21.7. The first-order chi connectivity index (χ1) is 10.6. The molecule has 4 aromatic rings. The average Bonchev–Trinajstić information content (AvgIpc) is 2.53. The molecule has 0 unspecified atom stereocenters. The highest BCUT2D eigenvalue weighted by Gasteiger charge is 2.19. The van der Waals surface area contributed by atoms with Crippen molar-refractivity contribution >= 4 is 27.3 Å². The molecule has 0 saturated heterocycles. The Morgan fingerprint density at radius 2 is 2.09 bits per heavy atom. The van der Waals surface area contributed by atoms with E-state index < -0.39 is 0 Å². The lowest BCUT2D eigenvalue weighted by molar-refractivity contribution is 0.419. The van der Waals surface area contributed by atoms with Crippen molar-refractivity contribution in [1.82, 2.24) is 14.4 Å². The van der Waals surface area contributed by atoms with Crippen LogP contribution < -0.4 is 10.3 Å². The number of hydrogen-bond donors (Lipinski definition) is 0. The highest BCUT2D eigenvalue weighted by Crippen LogP contribution is 2.34. The van der Waals surface area contributed by atoms with Crippen molar-refractivity contribution in [2.75, 3.05) is 7.11 Å². The molecule has 0 atom stereocenters. The van der Waals surface area contributed by atoms with E-state index in [0.29, 0.717) is 17.0 Å². The molecule has 3 heterocycles. The molecule has 3 aromatic heterocycles. The molecule has 22 heavy (non-hydrogen) atoms. The second-order valence-electron chi connectivity index (χ2n) is 5.71. The fourth-order valence-electron chi connectivity index (χ4n) is 3.00. The van der Waals surface area contributed by atoms with Crippen LogP contribution in [0.3, 0.4) is 0 Å². The van der Waals surface area contributed by atoms with E-state index in [-0.39, 0.29) is 11.5 Å². The molecule has 0 aliphatic heterocycles. The number of pyridine rings is 2. The third-order valence-corrected chi connectivity index (χ3v) is 4.05. The third-order valence-electron chi connectivity index (χ3n) is 4.05. The minimum atomic E-state index is -0.0807. The second kappa shape index (κ2) is 4.40. The summed E-state index contributed by atoms with van der Waals surface area (Å²) < 4.78 is 7.17. The highest BCUT2D eigenvalue weighted by atomic mass is 16.5. The van der Waals surface area contributed by atoms with Gasteiger partial charge >= 0.3 is 0 Å². The zero-order valence-corrected chi connectivity index (χ0v) is 12.6. The Morgan fingerprint density at radius 3 is 2.82 bits per heavy atom. The van der Waals surface area contributed by atoms with Crippen LogP contribution in [0.1, 0.15) is 25.5 Å². The largest absolute Gasteiger partial charge is 0.494 e. The molecule has 0 N–H and O–H groups in total. The van der Waals surface area contributed by atoms with E-state index in [0.717, 1.165) is 21.8 Å². The second-order valence-corrected chi connectivity index (χ2v) is 5.71. The molecule has 5 heteroatoms. The van der Waals surface area contributed by atoms with Gasteiger partial charge in [-0.1, -0.05) is 13.8 Å². The summed E-state index contributed by atoms with van der Waals surface area (Å²) in [5, 5.41) is 1.94. The summed E-state index contributed by atoms with van der Waals surface area (Å²) in [5.74, 6) is 0.718. The average molecular weight is 293 g/mol. The first kappa shape index (κ1) is 13.0. The van der Waals surface area contributed by atoms with Gasteiger partial charge in [0, 0.05) is 23.7 Å². The van der Waals surface area contributed by atoms with Gasteiger partial charge in [0.15, 0.2) is 0 Å². The van der Waals surface area contributed by atoms with E-state index in [4.69, 9.17) is 4.74 Å². The van der Waals surface area contributed by atoms with Crippen molar-refractivity contribution < 1.29 is 4.74 Å². The summed E-state index contributed by atoms with van der Waals surface area (Å²) in [6, 6.07) is 5.74. The van der Waals surface area contributed by atoms with Crippen LogP contribution >= 0.6 is 0 Å². The van der Waals surface area contributed by atoms with Crippen LogP contribution in [0.15, 0.2) is 35.4 Å². The number of benzene rings is 1. The van der Waals surface area contributed by atoms with Crippen LogP contribution in [0.25, 0.3) is 27.3 Å². The number of nitrogens with zero attached hydrogens (tertiary/aromatic N) is 3. The van der Waals surface area contributed by atoms with Gasteiger partial charge < -0.3 is 4.74 Å². The maximum absolute atomic E-state index is 12.7. The van der Waals surface area contributed by atoms with Crippen molar-refractivity contribution in [1.29, 1.82) is 0 Å². The van der Waals surface area contributed by atoms with Gasteiger partial charge in [-0.3, -0.25) is 14.2 Å². The molecule has 0 aliphatic rings. The molecule has 5 nitrogen and oxygen atoms in total. The Morgan fingerprint density at radius 1 is 1.27 bits per heavy atom. The predicted molar refractivity (Wildman–Crippen MR) is 86.1 cm³/mol. The van der Waals surface area contributed by atoms with Crippen LogP contribution in [0.4, 0.5) is 0 Å². The first-order valence-corrected chi connectivity index (χ1v) is 7.22. The van der Waals surface area contributed by atoms with Crippen LogP contribution in [0.2, 0.25) is 0 Å². The van der Waals surface area contributed by atoms with E-state index in [2.05, 4.69) is 9.97 Å². The molecule has 110 valence electrons. The molecule has 1 aromatic carbocycles. The number of hydrogen-bond acceptors (Lipinski definition) is 4. The Bertz CT molecular complexity index is 1070. The van der Waals surface area contributed by atoms with Gasteiger partial charge in [0.25, 0.3) is 5.56 Å². The Kier molecular flexibility index (Phi) is 2.60. The summed E-state index contributed by atoms with van der Waals surface area (Å²) in [7, 11) is 1.62. The summed E-state index contributed by atoms with van der Waals surface area (Å²) in [5.41, 5.74) is 2.79. The maximum atomic E-state index is 12.7. The van der Waals surface area contributed by atoms with E-state index in [1.807, 2.05) is 32.0 Å². The lowest BCUT2D eigenvalue weighted by Gasteiger charge is -2.15. The maximum Gasteiger partial charge on any atom is 0.277 e. The number of ether oxygens (including phenoxy) is 1. The fourth-order valence-corrected chi connectivity index (χ4v) is 3.00. The van der Waals surface area contributed by atoms with E-state index in [1.54, 1.807) is 23.9 Å². The van der Waals surface area contributed by atoms with Gasteiger partial charge in [-0.25, -0.2) is 4.98 Å². The van der Waals surface area contributed by atoms with Crippen molar-refractivity contribution in [2.45, 2.75) is 19.8 Å². The van der Waals surface area contributed by atoms with Crippen molar-refractivity contribution in [3.8, 4) is 5.75 Å². The van der Waals surface area contributed by atoms with E-state index in [9.17, 15) is 4.79 Å². The fraction of sp³-hybridized carbons (Fsp3) is 0.235. The van der Waals surface area contributed by atoms with Crippen LogP contribution in [-0.4, -0.2) is 21.5 Å². The van der Waals surface area contributed by atoms with Crippen LogP contribution in [0.5, 0.6) is 5.75 Å². The lowest BCUT2D eigenvalue weighted by Crippen LogP contribution is -2.22. The van der Waals surface area contributed by atoms with Gasteiger partial charge in [-0.15, -0.1) is 0 Å². The molecule has 0 saturated carbocycles. The SMILES string of the molecule is COc1cc2ccnc3ccn4c(=O)c(C(C)C)nc1c4c23. The van der Waals surface area contributed by atoms with Crippen LogP contribution in [-0.2, 0) is 0 Å². The van der Waals surface area contributed by atoms with Crippen molar-refractivity contribution in [3.63, 3.8) is 0 Å². The van der Waals surface area contributed by atoms with E-state index in [1.165, 1.54) is 0 Å². The third kappa shape index (κ3) is 1.56. The van der Waals surface area contributed by atoms with Gasteiger partial charge in [-0.2, -0.15) is 0 Å². The van der Waals surface area contributed by atoms with E-state index >= 15 is 0 Å².